The maximum Gasteiger partial charge on any atom is 0.416 e. The van der Waals surface area contributed by atoms with Gasteiger partial charge in [0, 0.05) is 6.42 Å². The van der Waals surface area contributed by atoms with Crippen LogP contribution in [0.25, 0.3) is 0 Å². The number of aromatic nitrogens is 1. The molecule has 0 aliphatic heterocycles. The number of halogens is 3. The summed E-state index contributed by atoms with van der Waals surface area (Å²) in [4.78, 5) is 27.3. The number of rotatable bonds is 6. The molecular formula is C21H17F3N2O5. The largest absolute Gasteiger partial charge is 0.493 e. The van der Waals surface area contributed by atoms with Crippen LogP contribution in [0.1, 0.15) is 39.3 Å². The number of anilines is 1. The highest BCUT2D eigenvalue weighted by atomic mass is 19.4. The lowest BCUT2D eigenvalue weighted by molar-refractivity contribution is -0.137. The number of carboxylic acid groups (broad SMARTS) is 1. The number of carbonyl (C=O) groups excluding carboxylic acids is 1. The van der Waals surface area contributed by atoms with Gasteiger partial charge in [0.25, 0.3) is 5.91 Å². The van der Waals surface area contributed by atoms with Gasteiger partial charge in [0.05, 0.1) is 30.1 Å². The van der Waals surface area contributed by atoms with Gasteiger partial charge in [0.15, 0.2) is 5.76 Å². The molecule has 0 bridgehead atoms. The van der Waals surface area contributed by atoms with Crippen LogP contribution in [0.15, 0.2) is 60.2 Å². The molecule has 10 heteroatoms. The van der Waals surface area contributed by atoms with Crippen LogP contribution < -0.4 is 10.1 Å². The van der Waals surface area contributed by atoms with E-state index in [0.29, 0.717) is 30.4 Å². The fourth-order valence-electron chi connectivity index (χ4n) is 2.80. The standard InChI is InChI=1S/C21H17F3N2O5/c1-30-17-4-2-3-5-18(17)31-16-9-6-12(21(22,23)24)10-14(16)19(27)26-13-7-8-15(20(28)29)25-11-13/h2,4,6-11H,3,5H2,1H3,(H,26,27)(H,28,29). The minimum Gasteiger partial charge on any atom is -0.493 e. The lowest BCUT2D eigenvalue weighted by Gasteiger charge is -2.19. The van der Waals surface area contributed by atoms with Gasteiger partial charge in [-0.2, -0.15) is 13.2 Å². The van der Waals surface area contributed by atoms with Crippen LogP contribution in [-0.2, 0) is 10.9 Å². The fraction of sp³-hybridized carbons (Fsp3) is 0.190. The van der Waals surface area contributed by atoms with Gasteiger partial charge in [0.1, 0.15) is 17.2 Å². The van der Waals surface area contributed by atoms with Crippen molar-refractivity contribution in [3.63, 3.8) is 0 Å². The number of ether oxygens (including phenoxy) is 2. The van der Waals surface area contributed by atoms with E-state index in [1.54, 1.807) is 6.08 Å². The van der Waals surface area contributed by atoms with Crippen molar-refractivity contribution in [3.05, 3.63) is 77.0 Å². The van der Waals surface area contributed by atoms with Crippen LogP contribution in [-0.4, -0.2) is 29.1 Å². The molecule has 2 aromatic rings. The number of alkyl halides is 3. The molecule has 31 heavy (non-hydrogen) atoms. The van der Waals surface area contributed by atoms with Gasteiger partial charge < -0.3 is 19.9 Å². The summed E-state index contributed by atoms with van der Waals surface area (Å²) in [5.74, 6) is -1.43. The van der Waals surface area contributed by atoms with Gasteiger partial charge in [-0.25, -0.2) is 9.78 Å². The Labute approximate surface area is 174 Å². The first-order valence-corrected chi connectivity index (χ1v) is 9.02. The number of nitrogens with zero attached hydrogens (tertiary/aromatic N) is 1. The Morgan fingerprint density at radius 1 is 1.19 bits per heavy atom. The molecule has 0 radical (unpaired) electrons. The minimum absolute atomic E-state index is 0.0829. The highest BCUT2D eigenvalue weighted by Crippen LogP contribution is 2.34. The van der Waals surface area contributed by atoms with Crippen LogP contribution in [0.3, 0.4) is 0 Å². The van der Waals surface area contributed by atoms with Crippen molar-refractivity contribution in [2.24, 2.45) is 0 Å². The summed E-state index contributed by atoms with van der Waals surface area (Å²) in [6, 6.07) is 5.02. The number of nitrogens with one attached hydrogen (secondary N) is 1. The molecule has 2 N–H and O–H groups in total. The highest BCUT2D eigenvalue weighted by molar-refractivity contribution is 6.06. The normalized spacial score (nSPS) is 13.7. The van der Waals surface area contributed by atoms with E-state index in [1.807, 2.05) is 6.08 Å². The van der Waals surface area contributed by atoms with Crippen LogP contribution in [0, 0.1) is 0 Å². The first-order valence-electron chi connectivity index (χ1n) is 9.02. The number of benzene rings is 1. The quantitative estimate of drug-likeness (QED) is 0.688. The maximum absolute atomic E-state index is 13.2. The zero-order chi connectivity index (χ0) is 22.6. The number of carbonyl (C=O) groups is 2. The lowest BCUT2D eigenvalue weighted by Crippen LogP contribution is -2.17. The smallest absolute Gasteiger partial charge is 0.416 e. The lowest BCUT2D eigenvalue weighted by atomic mass is 10.1. The molecule has 1 aliphatic carbocycles. The van der Waals surface area contributed by atoms with E-state index < -0.39 is 23.6 Å². The van der Waals surface area contributed by atoms with Gasteiger partial charge in [0.2, 0.25) is 0 Å². The molecule has 0 saturated heterocycles. The first-order chi connectivity index (χ1) is 14.7. The van der Waals surface area contributed by atoms with Gasteiger partial charge in [-0.05, 0) is 42.8 Å². The Morgan fingerprint density at radius 3 is 2.58 bits per heavy atom. The van der Waals surface area contributed by atoms with E-state index in [2.05, 4.69) is 10.3 Å². The molecule has 7 nitrogen and oxygen atoms in total. The third kappa shape index (κ3) is 5.21. The summed E-state index contributed by atoms with van der Waals surface area (Å²) in [5.41, 5.74) is -1.51. The van der Waals surface area contributed by atoms with Crippen LogP contribution >= 0.6 is 0 Å². The van der Waals surface area contributed by atoms with Crippen molar-refractivity contribution < 1.29 is 37.3 Å². The van der Waals surface area contributed by atoms with Crippen LogP contribution in [0.5, 0.6) is 5.75 Å². The molecule has 1 aromatic carbocycles. The van der Waals surface area contributed by atoms with E-state index in [4.69, 9.17) is 14.6 Å². The van der Waals surface area contributed by atoms with Crippen molar-refractivity contribution in [1.29, 1.82) is 0 Å². The van der Waals surface area contributed by atoms with Crippen molar-refractivity contribution >= 4 is 17.6 Å². The Bertz CT molecular complexity index is 1060. The Morgan fingerprint density at radius 2 is 1.97 bits per heavy atom. The second-order valence-corrected chi connectivity index (χ2v) is 6.43. The topological polar surface area (TPSA) is 97.8 Å². The molecule has 162 valence electrons. The summed E-state index contributed by atoms with van der Waals surface area (Å²) in [5, 5.41) is 11.3. The van der Waals surface area contributed by atoms with E-state index in [-0.39, 0.29) is 22.7 Å². The summed E-state index contributed by atoms with van der Waals surface area (Å²) in [6.07, 6.45) is 1.06. The van der Waals surface area contributed by atoms with Crippen molar-refractivity contribution in [2.75, 3.05) is 12.4 Å². The molecule has 0 fully saturated rings. The van der Waals surface area contributed by atoms with E-state index >= 15 is 0 Å². The van der Waals surface area contributed by atoms with Crippen molar-refractivity contribution in [2.45, 2.75) is 19.0 Å². The molecular weight excluding hydrogens is 417 g/mol. The zero-order valence-electron chi connectivity index (χ0n) is 16.2. The second kappa shape index (κ2) is 8.90. The summed E-state index contributed by atoms with van der Waals surface area (Å²) >= 11 is 0. The number of aromatic carboxylic acids is 1. The molecule has 3 rings (SSSR count). The van der Waals surface area contributed by atoms with E-state index in [1.165, 1.54) is 13.2 Å². The van der Waals surface area contributed by atoms with Gasteiger partial charge in [-0.3, -0.25) is 4.79 Å². The monoisotopic (exact) mass is 434 g/mol. The van der Waals surface area contributed by atoms with Crippen LogP contribution in [0.4, 0.5) is 18.9 Å². The van der Waals surface area contributed by atoms with Gasteiger partial charge in [-0.15, -0.1) is 0 Å². The third-order valence-electron chi connectivity index (χ3n) is 4.33. The second-order valence-electron chi connectivity index (χ2n) is 6.43. The van der Waals surface area contributed by atoms with Gasteiger partial charge in [-0.1, -0.05) is 6.08 Å². The molecule has 0 spiro atoms. The van der Waals surface area contributed by atoms with Crippen molar-refractivity contribution in [3.8, 4) is 5.75 Å². The number of hydrogen-bond donors (Lipinski definition) is 2. The Kier molecular flexibility index (Phi) is 6.28. The molecule has 1 heterocycles. The molecule has 1 aromatic heterocycles. The molecule has 1 amide bonds. The number of methoxy groups -OCH3 is 1. The number of amides is 1. The third-order valence-corrected chi connectivity index (χ3v) is 4.33. The average molecular weight is 434 g/mol. The summed E-state index contributed by atoms with van der Waals surface area (Å²) in [6.45, 7) is 0. The molecule has 1 aliphatic rings. The van der Waals surface area contributed by atoms with Crippen LogP contribution in [0.2, 0.25) is 0 Å². The zero-order valence-corrected chi connectivity index (χ0v) is 16.2. The molecule has 0 saturated carbocycles. The van der Waals surface area contributed by atoms with E-state index in [0.717, 1.165) is 24.4 Å². The molecule has 0 unspecified atom stereocenters. The van der Waals surface area contributed by atoms with Gasteiger partial charge >= 0.3 is 12.1 Å². The predicted molar refractivity (Wildman–Crippen MR) is 104 cm³/mol. The number of pyridine rings is 1. The van der Waals surface area contributed by atoms with Crippen molar-refractivity contribution in [1.82, 2.24) is 4.98 Å². The molecule has 0 atom stereocenters. The number of allylic oxidation sites excluding steroid dienone is 3. The maximum atomic E-state index is 13.2. The summed E-state index contributed by atoms with van der Waals surface area (Å²) in [7, 11) is 1.43. The Hall–Kier alpha value is -3.82. The Balaban J connectivity index is 1.95. The number of carboxylic acids is 1. The highest BCUT2D eigenvalue weighted by Gasteiger charge is 2.32. The first kappa shape index (κ1) is 21.9. The minimum atomic E-state index is -4.66. The average Bonchev–Trinajstić information content (AvgIpc) is 2.74. The SMILES string of the molecule is COC1=C(Oc2ccc(C(F)(F)F)cc2C(=O)Nc2ccc(C(=O)O)nc2)CCC=C1. The fourth-order valence-corrected chi connectivity index (χ4v) is 2.80. The summed E-state index contributed by atoms with van der Waals surface area (Å²) < 4.78 is 50.6. The predicted octanol–water partition coefficient (Wildman–Crippen LogP) is 4.64. The number of hydrogen-bond acceptors (Lipinski definition) is 5. The van der Waals surface area contributed by atoms with E-state index in [9.17, 15) is 22.8 Å².